The zero-order chi connectivity index (χ0) is 17.9. The van der Waals surface area contributed by atoms with Gasteiger partial charge in [-0.15, -0.1) is 0 Å². The van der Waals surface area contributed by atoms with Gasteiger partial charge in [0.2, 0.25) is 0 Å². The van der Waals surface area contributed by atoms with E-state index >= 15 is 0 Å². The van der Waals surface area contributed by atoms with Gasteiger partial charge >= 0.3 is 0 Å². The molecule has 0 radical (unpaired) electrons. The molecule has 0 spiro atoms. The van der Waals surface area contributed by atoms with Crippen LogP contribution in [0.5, 0.6) is 0 Å². The highest BCUT2D eigenvalue weighted by Gasteiger charge is 2.37. The summed E-state index contributed by atoms with van der Waals surface area (Å²) in [6.07, 6.45) is 1.05. The number of aryl methyl sites for hydroxylation is 1. The summed E-state index contributed by atoms with van der Waals surface area (Å²) in [4.78, 5) is 27.1. The number of hydrogen-bond donors (Lipinski definition) is 1. The number of carbonyl (C=O) groups excluding carboxylic acids is 1. The normalized spacial score (nSPS) is 20.2. The van der Waals surface area contributed by atoms with Crippen LogP contribution in [-0.4, -0.2) is 59.5 Å². The molecule has 1 aliphatic rings. The molecule has 1 unspecified atom stereocenters. The summed E-state index contributed by atoms with van der Waals surface area (Å²) >= 11 is 0. The second-order valence-corrected chi connectivity index (χ2v) is 6.70. The average Bonchev–Trinajstić information content (AvgIpc) is 2.52. The highest BCUT2D eigenvalue weighted by atomic mass is 16.5. The van der Waals surface area contributed by atoms with Crippen molar-refractivity contribution in [3.63, 3.8) is 0 Å². The van der Waals surface area contributed by atoms with E-state index in [0.717, 1.165) is 11.3 Å². The topological polar surface area (TPSA) is 84.5 Å². The van der Waals surface area contributed by atoms with Crippen LogP contribution in [0.3, 0.4) is 0 Å². The molecule has 1 fully saturated rings. The summed E-state index contributed by atoms with van der Waals surface area (Å²) in [7, 11) is 1.60. The van der Waals surface area contributed by atoms with E-state index in [-0.39, 0.29) is 17.6 Å². The van der Waals surface area contributed by atoms with Crippen LogP contribution in [0.2, 0.25) is 0 Å². The first kappa shape index (κ1) is 18.6. The van der Waals surface area contributed by atoms with Crippen LogP contribution in [0.1, 0.15) is 49.3 Å². The number of hydrogen-bond acceptors (Lipinski definition) is 5. The number of methoxy groups -OCH3 is 1. The van der Waals surface area contributed by atoms with Crippen LogP contribution in [0, 0.1) is 0 Å². The molecule has 24 heavy (non-hydrogen) atoms. The van der Waals surface area contributed by atoms with Crippen LogP contribution in [-0.2, 0) is 22.3 Å². The van der Waals surface area contributed by atoms with Crippen molar-refractivity contribution in [3.8, 4) is 0 Å². The third-order valence-corrected chi connectivity index (χ3v) is 4.19. The molecule has 1 N–H and O–H groups in total. The lowest BCUT2D eigenvalue weighted by Crippen LogP contribution is -2.56. The fraction of sp³-hybridized carbons (Fsp3) is 0.706. The van der Waals surface area contributed by atoms with E-state index in [9.17, 15) is 9.59 Å². The van der Waals surface area contributed by atoms with E-state index in [0.29, 0.717) is 32.5 Å². The third-order valence-electron chi connectivity index (χ3n) is 4.19. The molecule has 1 aliphatic heterocycles. The molecule has 0 saturated carbocycles. The van der Waals surface area contributed by atoms with Crippen LogP contribution < -0.4 is 5.56 Å². The summed E-state index contributed by atoms with van der Waals surface area (Å²) in [6.45, 7) is 9.00. The monoisotopic (exact) mass is 337 g/mol. The van der Waals surface area contributed by atoms with Crippen molar-refractivity contribution in [2.75, 3.05) is 26.8 Å². The second kappa shape index (κ2) is 7.44. The van der Waals surface area contributed by atoms with Gasteiger partial charge in [0.05, 0.1) is 24.0 Å². The number of aromatic amines is 1. The van der Waals surface area contributed by atoms with Gasteiger partial charge in [-0.1, -0.05) is 13.8 Å². The minimum atomic E-state index is -0.489. The third kappa shape index (κ3) is 3.84. The lowest BCUT2D eigenvalue weighted by atomic mass is 10.00. The number of ether oxygens (including phenoxy) is 2. The molecule has 0 aromatic carbocycles. The number of H-pyrrole nitrogens is 1. The standard InChI is InChI=1S/C17H27N3O4/c1-6-12-13(7-2)18-19-15(21)14(12)16(22)20-8-11(9-23-5)24-17(3,4)10-20/h11H,6-10H2,1-5H3,(H,19,21). The van der Waals surface area contributed by atoms with E-state index in [4.69, 9.17) is 9.47 Å². The molecule has 0 bridgehead atoms. The number of morpholine rings is 1. The van der Waals surface area contributed by atoms with Crippen molar-refractivity contribution in [2.24, 2.45) is 0 Å². The fourth-order valence-electron chi connectivity index (χ4n) is 3.30. The zero-order valence-electron chi connectivity index (χ0n) is 15.1. The van der Waals surface area contributed by atoms with Crippen molar-refractivity contribution in [2.45, 2.75) is 52.2 Å². The number of carbonyl (C=O) groups is 1. The molecule has 134 valence electrons. The number of nitrogens with zero attached hydrogens (tertiary/aromatic N) is 2. The molecule has 1 amide bonds. The Kier molecular flexibility index (Phi) is 5.77. The van der Waals surface area contributed by atoms with E-state index in [1.54, 1.807) is 12.0 Å². The Bertz CT molecular complexity index is 654. The summed E-state index contributed by atoms with van der Waals surface area (Å²) in [5, 5.41) is 6.54. The molecule has 1 atom stereocenters. The van der Waals surface area contributed by atoms with Crippen LogP contribution in [0.4, 0.5) is 0 Å². The first-order chi connectivity index (χ1) is 11.3. The lowest BCUT2D eigenvalue weighted by Gasteiger charge is -2.42. The molecular formula is C17H27N3O4. The van der Waals surface area contributed by atoms with Gasteiger partial charge in [-0.3, -0.25) is 9.59 Å². The number of nitrogens with one attached hydrogen (secondary N) is 1. The van der Waals surface area contributed by atoms with Crippen molar-refractivity contribution in [1.82, 2.24) is 15.1 Å². The summed E-state index contributed by atoms with van der Waals surface area (Å²) < 4.78 is 11.1. The van der Waals surface area contributed by atoms with Gasteiger partial charge in [-0.05, 0) is 32.3 Å². The average molecular weight is 337 g/mol. The number of rotatable bonds is 5. The number of amides is 1. The van der Waals surface area contributed by atoms with Crippen molar-refractivity contribution in [3.05, 3.63) is 27.2 Å². The Morgan fingerprint density at radius 1 is 1.42 bits per heavy atom. The van der Waals surface area contributed by atoms with Crippen molar-refractivity contribution < 1.29 is 14.3 Å². The van der Waals surface area contributed by atoms with Crippen LogP contribution >= 0.6 is 0 Å². The molecule has 7 nitrogen and oxygen atoms in total. The molecule has 0 aliphatic carbocycles. The molecule has 1 saturated heterocycles. The van der Waals surface area contributed by atoms with Crippen molar-refractivity contribution in [1.29, 1.82) is 0 Å². The summed E-state index contributed by atoms with van der Waals surface area (Å²) in [6, 6.07) is 0. The predicted molar refractivity (Wildman–Crippen MR) is 90.3 cm³/mol. The molecule has 2 rings (SSSR count). The Hall–Kier alpha value is -1.73. The minimum Gasteiger partial charge on any atom is -0.382 e. The maximum atomic E-state index is 13.1. The highest BCUT2D eigenvalue weighted by Crippen LogP contribution is 2.23. The first-order valence-corrected chi connectivity index (χ1v) is 8.39. The van der Waals surface area contributed by atoms with Crippen LogP contribution in [0.15, 0.2) is 4.79 Å². The quantitative estimate of drug-likeness (QED) is 0.871. The Balaban J connectivity index is 2.39. The Labute approximate surface area is 142 Å². The van der Waals surface area contributed by atoms with Gasteiger partial charge < -0.3 is 14.4 Å². The van der Waals surface area contributed by atoms with E-state index in [1.807, 2.05) is 27.7 Å². The molecule has 1 aromatic heterocycles. The molecular weight excluding hydrogens is 310 g/mol. The van der Waals surface area contributed by atoms with Gasteiger partial charge in [0, 0.05) is 20.2 Å². The highest BCUT2D eigenvalue weighted by molar-refractivity contribution is 5.95. The van der Waals surface area contributed by atoms with Gasteiger partial charge in [-0.2, -0.15) is 5.10 Å². The summed E-state index contributed by atoms with van der Waals surface area (Å²) in [5.41, 5.74) is 0.789. The maximum Gasteiger partial charge on any atom is 0.277 e. The molecule has 2 heterocycles. The SMILES string of the molecule is CCc1n[nH]c(=O)c(C(=O)N2CC(COC)OC(C)(C)C2)c1CC. The van der Waals surface area contributed by atoms with Crippen LogP contribution in [0.25, 0.3) is 0 Å². The van der Waals surface area contributed by atoms with Gasteiger partial charge in [0.1, 0.15) is 5.56 Å². The zero-order valence-corrected chi connectivity index (χ0v) is 15.1. The molecule has 1 aromatic rings. The fourth-order valence-corrected chi connectivity index (χ4v) is 3.30. The van der Waals surface area contributed by atoms with E-state index in [2.05, 4.69) is 10.2 Å². The van der Waals surface area contributed by atoms with Crippen molar-refractivity contribution >= 4 is 5.91 Å². The maximum absolute atomic E-state index is 13.1. The minimum absolute atomic E-state index is 0.207. The second-order valence-electron chi connectivity index (χ2n) is 6.70. The first-order valence-electron chi connectivity index (χ1n) is 8.39. The van der Waals surface area contributed by atoms with Gasteiger partial charge in [0.15, 0.2) is 0 Å². The largest absolute Gasteiger partial charge is 0.382 e. The lowest BCUT2D eigenvalue weighted by molar-refractivity contribution is -0.143. The Morgan fingerprint density at radius 2 is 2.12 bits per heavy atom. The predicted octanol–water partition coefficient (Wildman–Crippen LogP) is 1.16. The Morgan fingerprint density at radius 3 is 2.71 bits per heavy atom. The summed E-state index contributed by atoms with van der Waals surface area (Å²) in [5.74, 6) is -0.261. The van der Waals surface area contributed by atoms with E-state index < -0.39 is 11.2 Å². The van der Waals surface area contributed by atoms with Gasteiger partial charge in [0.25, 0.3) is 11.5 Å². The van der Waals surface area contributed by atoms with E-state index in [1.165, 1.54) is 0 Å². The van der Waals surface area contributed by atoms with Gasteiger partial charge in [-0.25, -0.2) is 5.10 Å². The smallest absolute Gasteiger partial charge is 0.277 e. The number of aromatic nitrogens is 2. The molecule has 7 heteroatoms.